The zero-order valence-corrected chi connectivity index (χ0v) is 19.8. The number of alkyl halides is 3. The van der Waals surface area contributed by atoms with Crippen LogP contribution in [0.15, 0.2) is 54.6 Å². The van der Waals surface area contributed by atoms with Crippen LogP contribution in [0, 0.1) is 0 Å². The molecule has 1 atom stereocenters. The van der Waals surface area contributed by atoms with Crippen LogP contribution in [-0.4, -0.2) is 47.3 Å². The van der Waals surface area contributed by atoms with E-state index in [-0.39, 0.29) is 35.1 Å². The molecule has 2 aliphatic rings. The van der Waals surface area contributed by atoms with Gasteiger partial charge in [-0.3, -0.25) is 9.59 Å². The van der Waals surface area contributed by atoms with Crippen molar-refractivity contribution in [1.82, 2.24) is 4.90 Å². The molecule has 0 heterocycles. The van der Waals surface area contributed by atoms with E-state index in [0.717, 1.165) is 30.5 Å². The molecule has 2 fully saturated rings. The van der Waals surface area contributed by atoms with Crippen LogP contribution in [0.3, 0.4) is 0 Å². The molecule has 1 amide bonds. The van der Waals surface area contributed by atoms with Gasteiger partial charge in [-0.1, -0.05) is 42.5 Å². The van der Waals surface area contributed by atoms with Crippen molar-refractivity contribution in [2.75, 3.05) is 7.11 Å². The molecule has 188 valence electrons. The molecule has 4 rings (SSSR count). The van der Waals surface area contributed by atoms with E-state index in [9.17, 15) is 27.9 Å². The van der Waals surface area contributed by atoms with Gasteiger partial charge in [-0.2, -0.15) is 13.2 Å². The summed E-state index contributed by atoms with van der Waals surface area (Å²) in [5.74, 6) is -0.514. The van der Waals surface area contributed by atoms with Crippen LogP contribution in [0.25, 0.3) is 0 Å². The maximum Gasteiger partial charge on any atom is 0.421 e. The van der Waals surface area contributed by atoms with Crippen molar-refractivity contribution in [2.45, 2.75) is 74.7 Å². The quantitative estimate of drug-likeness (QED) is 0.573. The first-order chi connectivity index (χ1) is 16.5. The summed E-state index contributed by atoms with van der Waals surface area (Å²) >= 11 is 0. The molecule has 0 unspecified atom stereocenters. The Bertz CT molecular complexity index is 1050. The minimum absolute atomic E-state index is 0.0746. The number of aliphatic hydroxyl groups is 1. The van der Waals surface area contributed by atoms with Crippen LogP contribution in [0.5, 0.6) is 0 Å². The van der Waals surface area contributed by atoms with Crippen LogP contribution in [0.4, 0.5) is 13.2 Å². The third kappa shape index (κ3) is 4.68. The second-order valence-corrected chi connectivity index (χ2v) is 9.76. The molecule has 0 spiro atoms. The number of hydrogen-bond donors (Lipinski definition) is 1. The Morgan fingerprint density at radius 2 is 1.49 bits per heavy atom. The maximum atomic E-state index is 13.5. The minimum atomic E-state index is -4.83. The summed E-state index contributed by atoms with van der Waals surface area (Å²) in [6.07, 6.45) is -0.754. The summed E-state index contributed by atoms with van der Waals surface area (Å²) in [5.41, 5.74) is -2.88. The summed E-state index contributed by atoms with van der Waals surface area (Å²) in [6.45, 7) is 0.697. The van der Waals surface area contributed by atoms with Gasteiger partial charge in [0.15, 0.2) is 5.60 Å². The van der Waals surface area contributed by atoms with E-state index in [0.29, 0.717) is 32.6 Å². The standard InChI is InChI=1S/C27H30F3NO4/c1-25(34,27(28,29)30)19-10-8-18(9-11-19)23(32)31(21-12-13-21)22-14-16-26(17-15-22,24(33)35-2)20-6-4-3-5-7-20/h3-11,21-22,34H,12-17H2,1-2H3/t22-,25-,26+/m0/s1. The molecule has 0 aliphatic heterocycles. The average Bonchev–Trinajstić information content (AvgIpc) is 3.69. The first-order valence-electron chi connectivity index (χ1n) is 11.9. The highest BCUT2D eigenvalue weighted by atomic mass is 19.4. The second kappa shape index (κ2) is 9.30. The molecule has 0 saturated heterocycles. The molecule has 2 aromatic carbocycles. The fourth-order valence-corrected chi connectivity index (χ4v) is 5.17. The lowest BCUT2D eigenvalue weighted by molar-refractivity contribution is -0.258. The SMILES string of the molecule is COC(=O)[C@]1(c2ccccc2)CC[C@H](N(C(=O)c2ccc([C@](C)(O)C(F)(F)F)cc2)C2CC2)CC1. The molecule has 2 aliphatic carbocycles. The molecule has 5 nitrogen and oxygen atoms in total. The van der Waals surface area contributed by atoms with Crippen molar-refractivity contribution >= 4 is 11.9 Å². The van der Waals surface area contributed by atoms with Crippen molar-refractivity contribution in [1.29, 1.82) is 0 Å². The van der Waals surface area contributed by atoms with Crippen LogP contribution in [-0.2, 0) is 20.5 Å². The largest absolute Gasteiger partial charge is 0.468 e. The number of rotatable bonds is 6. The number of esters is 1. The zero-order valence-electron chi connectivity index (χ0n) is 19.8. The lowest BCUT2D eigenvalue weighted by atomic mass is 9.68. The number of carbonyl (C=O) groups is 2. The normalized spacial score (nSPS) is 24.3. The Balaban J connectivity index is 1.53. The van der Waals surface area contributed by atoms with Crippen LogP contribution in [0.1, 0.15) is 66.9 Å². The topological polar surface area (TPSA) is 66.8 Å². The highest BCUT2D eigenvalue weighted by molar-refractivity contribution is 5.95. The summed E-state index contributed by atoms with van der Waals surface area (Å²) in [7, 11) is 1.39. The highest BCUT2D eigenvalue weighted by Crippen LogP contribution is 2.44. The fourth-order valence-electron chi connectivity index (χ4n) is 5.17. The van der Waals surface area contributed by atoms with Gasteiger partial charge in [0.1, 0.15) is 0 Å². The summed E-state index contributed by atoms with van der Waals surface area (Å²) in [5, 5.41) is 9.91. The molecule has 8 heteroatoms. The Kier molecular flexibility index (Phi) is 6.70. The van der Waals surface area contributed by atoms with E-state index in [1.807, 2.05) is 35.2 Å². The number of methoxy groups -OCH3 is 1. The number of ether oxygens (including phenoxy) is 1. The molecule has 0 radical (unpaired) electrons. The Labute approximate surface area is 202 Å². The van der Waals surface area contributed by atoms with E-state index < -0.39 is 17.2 Å². The zero-order chi connectivity index (χ0) is 25.4. The van der Waals surface area contributed by atoms with Crippen molar-refractivity contribution in [3.05, 3.63) is 71.3 Å². The van der Waals surface area contributed by atoms with Crippen LogP contribution < -0.4 is 0 Å². The molecular formula is C27H30F3NO4. The number of amides is 1. The molecule has 0 aromatic heterocycles. The Morgan fingerprint density at radius 1 is 0.943 bits per heavy atom. The number of benzene rings is 2. The van der Waals surface area contributed by atoms with Gasteiger partial charge in [-0.05, 0) is 68.7 Å². The smallest absolute Gasteiger partial charge is 0.421 e. The van der Waals surface area contributed by atoms with Gasteiger partial charge in [-0.25, -0.2) is 0 Å². The highest BCUT2D eigenvalue weighted by Gasteiger charge is 2.51. The fraction of sp³-hybridized carbons (Fsp3) is 0.481. The van der Waals surface area contributed by atoms with E-state index in [1.165, 1.54) is 19.2 Å². The van der Waals surface area contributed by atoms with E-state index in [2.05, 4.69) is 0 Å². The van der Waals surface area contributed by atoms with Gasteiger partial charge in [-0.15, -0.1) is 0 Å². The minimum Gasteiger partial charge on any atom is -0.468 e. The van der Waals surface area contributed by atoms with Gasteiger partial charge in [0.05, 0.1) is 12.5 Å². The third-order valence-corrected chi connectivity index (χ3v) is 7.53. The predicted molar refractivity (Wildman–Crippen MR) is 124 cm³/mol. The number of nitrogens with zero attached hydrogens (tertiary/aromatic N) is 1. The molecule has 35 heavy (non-hydrogen) atoms. The van der Waals surface area contributed by atoms with Crippen LogP contribution >= 0.6 is 0 Å². The van der Waals surface area contributed by atoms with Crippen molar-refractivity contribution in [2.24, 2.45) is 0 Å². The van der Waals surface area contributed by atoms with E-state index >= 15 is 0 Å². The van der Waals surface area contributed by atoms with Gasteiger partial charge in [0.25, 0.3) is 5.91 Å². The van der Waals surface area contributed by atoms with Crippen molar-refractivity contribution in [3.63, 3.8) is 0 Å². The van der Waals surface area contributed by atoms with E-state index in [4.69, 9.17) is 4.74 Å². The summed E-state index contributed by atoms with van der Waals surface area (Å²) < 4.78 is 44.7. The summed E-state index contributed by atoms with van der Waals surface area (Å²) in [4.78, 5) is 28.2. The van der Waals surface area contributed by atoms with Crippen molar-refractivity contribution in [3.8, 4) is 0 Å². The first-order valence-corrected chi connectivity index (χ1v) is 11.9. The number of halogens is 3. The lowest BCUT2D eigenvalue weighted by Gasteiger charge is -2.42. The molecular weight excluding hydrogens is 459 g/mol. The molecule has 1 N–H and O–H groups in total. The van der Waals surface area contributed by atoms with Gasteiger partial charge >= 0.3 is 12.1 Å². The third-order valence-electron chi connectivity index (χ3n) is 7.53. The molecule has 2 aromatic rings. The molecule has 0 bridgehead atoms. The average molecular weight is 490 g/mol. The molecule has 2 saturated carbocycles. The summed E-state index contributed by atoms with van der Waals surface area (Å²) in [6, 6.07) is 14.6. The number of hydrogen-bond acceptors (Lipinski definition) is 4. The van der Waals surface area contributed by atoms with Crippen molar-refractivity contribution < 1.29 is 32.6 Å². The first kappa shape index (κ1) is 25.2. The van der Waals surface area contributed by atoms with E-state index in [1.54, 1.807) is 0 Å². The maximum absolute atomic E-state index is 13.5. The second-order valence-electron chi connectivity index (χ2n) is 9.76. The van der Waals surface area contributed by atoms with Crippen LogP contribution in [0.2, 0.25) is 0 Å². The lowest BCUT2D eigenvalue weighted by Crippen LogP contribution is -2.49. The van der Waals surface area contributed by atoms with Gasteiger partial charge < -0.3 is 14.7 Å². The Hall–Kier alpha value is -2.87. The monoisotopic (exact) mass is 489 g/mol. The number of carbonyl (C=O) groups excluding carboxylic acids is 2. The van der Waals surface area contributed by atoms with Gasteiger partial charge in [0, 0.05) is 17.6 Å². The Morgan fingerprint density at radius 3 is 1.97 bits per heavy atom. The van der Waals surface area contributed by atoms with Gasteiger partial charge in [0.2, 0.25) is 0 Å². The predicted octanol–water partition coefficient (Wildman–Crippen LogP) is 5.11.